The van der Waals surface area contributed by atoms with Crippen LogP contribution in [0.2, 0.25) is 0 Å². The molecule has 2 heterocycles. The molecular formula is C14H10F3N5S. The molecule has 0 aliphatic rings. The molecule has 0 saturated carbocycles. The number of nitrogens with two attached hydrogens (primary N) is 1. The Morgan fingerprint density at radius 3 is 2.70 bits per heavy atom. The third-order valence-corrected chi connectivity index (χ3v) is 3.81. The number of halogens is 3. The van der Waals surface area contributed by atoms with Crippen molar-refractivity contribution in [3.8, 4) is 10.6 Å². The molecule has 1 aromatic carbocycles. The third kappa shape index (κ3) is 3.57. The summed E-state index contributed by atoms with van der Waals surface area (Å²) in [6, 6.07) is 6.60. The van der Waals surface area contributed by atoms with E-state index < -0.39 is 11.7 Å². The van der Waals surface area contributed by atoms with Crippen LogP contribution < -0.4 is 11.1 Å². The summed E-state index contributed by atoms with van der Waals surface area (Å²) >= 11 is 1.25. The minimum Gasteiger partial charge on any atom is -0.368 e. The number of hydrogen-bond acceptors (Lipinski definition) is 6. The molecular weight excluding hydrogens is 327 g/mol. The Morgan fingerprint density at radius 2 is 1.96 bits per heavy atom. The van der Waals surface area contributed by atoms with Gasteiger partial charge in [-0.15, -0.1) is 0 Å². The predicted molar refractivity (Wildman–Crippen MR) is 82.3 cm³/mol. The van der Waals surface area contributed by atoms with Crippen LogP contribution in [0.3, 0.4) is 0 Å². The lowest BCUT2D eigenvalue weighted by molar-refractivity contribution is -0.137. The molecule has 3 rings (SSSR count). The van der Waals surface area contributed by atoms with Gasteiger partial charge in [-0.25, -0.2) is 15.0 Å². The van der Waals surface area contributed by atoms with Crippen molar-refractivity contribution >= 4 is 28.1 Å². The van der Waals surface area contributed by atoms with Crippen LogP contribution in [0.1, 0.15) is 5.56 Å². The fourth-order valence-electron chi connectivity index (χ4n) is 1.86. The highest BCUT2D eigenvalue weighted by Crippen LogP contribution is 2.33. The maximum atomic E-state index is 12.7. The second-order valence-electron chi connectivity index (χ2n) is 4.53. The molecule has 5 nitrogen and oxygen atoms in total. The number of nitrogen functional groups attached to an aromatic ring is 1. The summed E-state index contributed by atoms with van der Waals surface area (Å²) in [5.74, 6) is 0.142. The van der Waals surface area contributed by atoms with E-state index in [1.165, 1.54) is 23.6 Å². The van der Waals surface area contributed by atoms with E-state index >= 15 is 0 Å². The topological polar surface area (TPSA) is 76.7 Å². The molecule has 9 heteroatoms. The Kier molecular flexibility index (Phi) is 3.87. The van der Waals surface area contributed by atoms with Gasteiger partial charge in [0, 0.05) is 18.1 Å². The van der Waals surface area contributed by atoms with Crippen LogP contribution in [-0.2, 0) is 6.18 Å². The molecule has 0 fully saturated rings. The largest absolute Gasteiger partial charge is 0.416 e. The Hall–Kier alpha value is -2.68. The van der Waals surface area contributed by atoms with Crippen LogP contribution in [0.15, 0.2) is 42.7 Å². The van der Waals surface area contributed by atoms with Crippen LogP contribution in [0.25, 0.3) is 10.6 Å². The Balaban J connectivity index is 1.82. The summed E-state index contributed by atoms with van der Waals surface area (Å²) in [6.07, 6.45) is -1.29. The average Bonchev–Trinajstić information content (AvgIpc) is 2.95. The summed E-state index contributed by atoms with van der Waals surface area (Å²) in [6.45, 7) is 0. The van der Waals surface area contributed by atoms with Gasteiger partial charge >= 0.3 is 6.18 Å². The fraction of sp³-hybridized carbons (Fsp3) is 0.0714. The molecule has 0 amide bonds. The zero-order valence-electron chi connectivity index (χ0n) is 11.5. The summed E-state index contributed by atoms with van der Waals surface area (Å²) < 4.78 is 38.1. The number of hydrogen-bond donors (Lipinski definition) is 2. The molecule has 0 aliphatic carbocycles. The van der Waals surface area contributed by atoms with Gasteiger partial charge in [-0.2, -0.15) is 13.2 Å². The number of benzene rings is 1. The average molecular weight is 337 g/mol. The van der Waals surface area contributed by atoms with Crippen LogP contribution in [0.4, 0.5) is 29.9 Å². The van der Waals surface area contributed by atoms with Crippen LogP contribution in [-0.4, -0.2) is 15.0 Å². The molecule has 0 radical (unpaired) electrons. The van der Waals surface area contributed by atoms with Gasteiger partial charge in [0.25, 0.3) is 0 Å². The van der Waals surface area contributed by atoms with Gasteiger partial charge in [0.1, 0.15) is 0 Å². The van der Waals surface area contributed by atoms with Gasteiger partial charge in [-0.3, -0.25) is 0 Å². The van der Waals surface area contributed by atoms with Crippen LogP contribution >= 0.6 is 11.3 Å². The lowest BCUT2D eigenvalue weighted by atomic mass is 10.2. The number of nitrogens with zero attached hydrogens (tertiary/aromatic N) is 3. The van der Waals surface area contributed by atoms with Crippen molar-refractivity contribution in [2.75, 3.05) is 11.1 Å². The molecule has 0 saturated heterocycles. The van der Waals surface area contributed by atoms with Crippen molar-refractivity contribution in [3.63, 3.8) is 0 Å². The van der Waals surface area contributed by atoms with E-state index in [0.717, 1.165) is 17.0 Å². The molecule has 3 N–H and O–H groups in total. The first-order chi connectivity index (χ1) is 10.9. The van der Waals surface area contributed by atoms with E-state index in [0.29, 0.717) is 16.5 Å². The highest BCUT2D eigenvalue weighted by molar-refractivity contribution is 7.18. The van der Waals surface area contributed by atoms with Crippen molar-refractivity contribution in [2.45, 2.75) is 6.18 Å². The van der Waals surface area contributed by atoms with E-state index in [4.69, 9.17) is 5.73 Å². The van der Waals surface area contributed by atoms with E-state index in [2.05, 4.69) is 20.3 Å². The minimum absolute atomic E-state index is 0.142. The van der Waals surface area contributed by atoms with Gasteiger partial charge in [-0.05, 0) is 24.3 Å². The highest BCUT2D eigenvalue weighted by Gasteiger charge is 2.30. The van der Waals surface area contributed by atoms with E-state index in [1.54, 1.807) is 18.3 Å². The molecule has 0 aliphatic heterocycles. The summed E-state index contributed by atoms with van der Waals surface area (Å²) in [5.41, 5.74) is 5.72. The van der Waals surface area contributed by atoms with Gasteiger partial charge in [0.05, 0.1) is 16.1 Å². The number of anilines is 3. The Labute approximate surface area is 133 Å². The van der Waals surface area contributed by atoms with Crippen LogP contribution in [0.5, 0.6) is 0 Å². The number of alkyl halides is 3. The Bertz CT molecular complexity index is 831. The molecule has 3 aromatic rings. The summed E-state index contributed by atoms with van der Waals surface area (Å²) in [7, 11) is 0. The summed E-state index contributed by atoms with van der Waals surface area (Å²) in [5, 5.41) is 3.31. The molecule has 0 atom stereocenters. The second kappa shape index (κ2) is 5.84. The molecule has 23 heavy (non-hydrogen) atoms. The monoisotopic (exact) mass is 337 g/mol. The zero-order chi connectivity index (χ0) is 16.4. The number of aromatic nitrogens is 3. The standard InChI is InChI=1S/C14H10F3N5S/c15-14(16,17)8-2-1-3-9(6-8)21-13-20-7-11(23-13)10-4-5-19-12(18)22-10/h1-7H,(H,20,21)(H2,18,19,22). The van der Waals surface area contributed by atoms with Gasteiger partial charge < -0.3 is 11.1 Å². The van der Waals surface area contributed by atoms with Gasteiger partial charge in [-0.1, -0.05) is 17.4 Å². The van der Waals surface area contributed by atoms with Crippen molar-refractivity contribution in [1.29, 1.82) is 0 Å². The molecule has 118 valence electrons. The Morgan fingerprint density at radius 1 is 1.13 bits per heavy atom. The first-order valence-electron chi connectivity index (χ1n) is 6.41. The van der Waals surface area contributed by atoms with Crippen molar-refractivity contribution in [1.82, 2.24) is 15.0 Å². The van der Waals surface area contributed by atoms with Crippen molar-refractivity contribution in [3.05, 3.63) is 48.3 Å². The van der Waals surface area contributed by atoms with Crippen LogP contribution in [0, 0.1) is 0 Å². The SMILES string of the molecule is Nc1nccc(-c2cnc(Nc3cccc(C(F)(F)F)c3)s2)n1. The minimum atomic E-state index is -4.38. The molecule has 2 aromatic heterocycles. The van der Waals surface area contributed by atoms with Crippen molar-refractivity contribution < 1.29 is 13.2 Å². The number of nitrogens with one attached hydrogen (secondary N) is 1. The van der Waals surface area contributed by atoms with Gasteiger partial charge in [0.2, 0.25) is 5.95 Å². The lowest BCUT2D eigenvalue weighted by Crippen LogP contribution is -2.05. The van der Waals surface area contributed by atoms with E-state index in [9.17, 15) is 13.2 Å². The first-order valence-corrected chi connectivity index (χ1v) is 7.22. The lowest BCUT2D eigenvalue weighted by Gasteiger charge is -2.08. The van der Waals surface area contributed by atoms with E-state index in [-0.39, 0.29) is 5.95 Å². The number of rotatable bonds is 3. The number of thiazole rings is 1. The predicted octanol–water partition coefficient (Wildman–Crippen LogP) is 3.94. The molecule has 0 unspecified atom stereocenters. The molecule has 0 bridgehead atoms. The maximum Gasteiger partial charge on any atom is 0.416 e. The normalized spacial score (nSPS) is 11.4. The summed E-state index contributed by atoms with van der Waals surface area (Å²) in [4.78, 5) is 12.7. The first kappa shape index (κ1) is 15.2. The quantitative estimate of drug-likeness (QED) is 0.757. The van der Waals surface area contributed by atoms with Crippen molar-refractivity contribution in [2.24, 2.45) is 0 Å². The highest BCUT2D eigenvalue weighted by atomic mass is 32.1. The second-order valence-corrected chi connectivity index (χ2v) is 5.56. The maximum absolute atomic E-state index is 12.7. The molecule has 0 spiro atoms. The van der Waals surface area contributed by atoms with E-state index in [1.807, 2.05) is 0 Å². The third-order valence-electron chi connectivity index (χ3n) is 2.87. The smallest absolute Gasteiger partial charge is 0.368 e. The fourth-order valence-corrected chi connectivity index (χ4v) is 2.66. The van der Waals surface area contributed by atoms with Gasteiger partial charge in [0.15, 0.2) is 5.13 Å². The zero-order valence-corrected chi connectivity index (χ0v) is 12.3.